The molecule has 0 spiro atoms. The van der Waals surface area contributed by atoms with E-state index in [0.717, 1.165) is 11.3 Å². The van der Waals surface area contributed by atoms with Gasteiger partial charge in [0, 0.05) is 26.3 Å². The lowest BCUT2D eigenvalue weighted by Gasteiger charge is -2.27. The van der Waals surface area contributed by atoms with E-state index in [0.29, 0.717) is 13.1 Å². The largest absolute Gasteiger partial charge is 0.336 e. The maximum absolute atomic E-state index is 13.2. The summed E-state index contributed by atoms with van der Waals surface area (Å²) in [7, 11) is 3.93. The third-order valence-electron chi connectivity index (χ3n) is 3.27. The fourth-order valence-corrected chi connectivity index (χ4v) is 2.25. The van der Waals surface area contributed by atoms with Crippen LogP contribution >= 0.6 is 0 Å². The van der Waals surface area contributed by atoms with Gasteiger partial charge >= 0.3 is 0 Å². The molecule has 0 saturated carbocycles. The van der Waals surface area contributed by atoms with Crippen LogP contribution in [0.25, 0.3) is 0 Å². The minimum Gasteiger partial charge on any atom is -0.336 e. The predicted molar refractivity (Wildman–Crippen MR) is 72.9 cm³/mol. The zero-order valence-corrected chi connectivity index (χ0v) is 11.3. The number of nitrogens with two attached hydrogens (primary N) is 1. The van der Waals surface area contributed by atoms with Crippen LogP contribution in [0.15, 0.2) is 36.8 Å². The normalized spacial score (nSPS) is 12.9. The molecular weight excluding hydrogens is 243 g/mol. The van der Waals surface area contributed by atoms with Crippen LogP contribution in [0.5, 0.6) is 0 Å². The Balaban J connectivity index is 2.14. The summed E-state index contributed by atoms with van der Waals surface area (Å²) in [6, 6.07) is 6.70. The first-order valence-corrected chi connectivity index (χ1v) is 6.22. The molecule has 0 radical (unpaired) electrons. The summed E-state index contributed by atoms with van der Waals surface area (Å²) in [4.78, 5) is 6.22. The monoisotopic (exact) mass is 262 g/mol. The van der Waals surface area contributed by atoms with Crippen molar-refractivity contribution in [3.63, 3.8) is 0 Å². The van der Waals surface area contributed by atoms with E-state index in [1.807, 2.05) is 30.9 Å². The number of nitrogens with zero attached hydrogens (tertiary/aromatic N) is 3. The first-order chi connectivity index (χ1) is 9.11. The summed E-state index contributed by atoms with van der Waals surface area (Å²) in [6.07, 6.45) is 3.58. The Bertz CT molecular complexity index is 538. The van der Waals surface area contributed by atoms with Gasteiger partial charge in [0.25, 0.3) is 0 Å². The molecule has 19 heavy (non-hydrogen) atoms. The Morgan fingerprint density at radius 1 is 1.47 bits per heavy atom. The summed E-state index contributed by atoms with van der Waals surface area (Å²) >= 11 is 0. The fraction of sp³-hybridized carbons (Fsp3) is 0.357. The molecule has 5 heteroatoms. The lowest BCUT2D eigenvalue weighted by Crippen LogP contribution is -2.31. The molecular formula is C14H19FN4. The van der Waals surface area contributed by atoms with Gasteiger partial charge in [-0.05, 0) is 24.7 Å². The third kappa shape index (κ3) is 3.19. The summed E-state index contributed by atoms with van der Waals surface area (Å²) in [6.45, 7) is 1.14. The van der Waals surface area contributed by atoms with Crippen LogP contribution in [0.4, 0.5) is 4.39 Å². The number of hydrogen-bond donors (Lipinski definition) is 1. The summed E-state index contributed by atoms with van der Waals surface area (Å²) < 4.78 is 15.1. The molecule has 1 unspecified atom stereocenters. The molecule has 1 aromatic heterocycles. The average Bonchev–Trinajstić information content (AvgIpc) is 2.77. The first kappa shape index (κ1) is 13.7. The van der Waals surface area contributed by atoms with E-state index in [-0.39, 0.29) is 11.9 Å². The van der Waals surface area contributed by atoms with Crippen molar-refractivity contribution in [1.82, 2.24) is 14.5 Å². The number of aromatic nitrogens is 2. The maximum atomic E-state index is 13.2. The number of aryl methyl sites for hydroxylation is 1. The van der Waals surface area contributed by atoms with E-state index in [1.54, 1.807) is 18.5 Å². The molecule has 0 fully saturated rings. The zero-order valence-electron chi connectivity index (χ0n) is 11.3. The summed E-state index contributed by atoms with van der Waals surface area (Å²) in [5.74, 6) is -0.212. The molecule has 1 heterocycles. The number of rotatable bonds is 5. The smallest absolute Gasteiger partial charge is 0.123 e. The Morgan fingerprint density at radius 2 is 2.26 bits per heavy atom. The molecule has 1 atom stereocenters. The van der Waals surface area contributed by atoms with Gasteiger partial charge in [0.15, 0.2) is 0 Å². The molecule has 4 nitrogen and oxygen atoms in total. The number of hydrogen-bond acceptors (Lipinski definition) is 3. The van der Waals surface area contributed by atoms with Gasteiger partial charge in [-0.2, -0.15) is 0 Å². The van der Waals surface area contributed by atoms with Crippen LogP contribution in [-0.2, 0) is 13.6 Å². The molecule has 0 aliphatic carbocycles. The van der Waals surface area contributed by atoms with Gasteiger partial charge in [0.05, 0.1) is 18.1 Å². The minimum absolute atomic E-state index is 0.0655. The summed E-state index contributed by atoms with van der Waals surface area (Å²) in [5, 5.41) is 0. The van der Waals surface area contributed by atoms with Gasteiger partial charge in [-0.3, -0.25) is 4.90 Å². The highest BCUT2D eigenvalue weighted by Gasteiger charge is 2.18. The van der Waals surface area contributed by atoms with Crippen molar-refractivity contribution in [2.45, 2.75) is 12.6 Å². The standard InChI is InChI=1S/C14H19FN4/c1-18(9-11-4-3-5-12(15)6-11)13(7-16)14-8-17-10-19(14)2/h3-6,8,10,13H,7,9,16H2,1-2H3. The van der Waals surface area contributed by atoms with Crippen LogP contribution in [0, 0.1) is 5.82 Å². The van der Waals surface area contributed by atoms with E-state index in [2.05, 4.69) is 9.88 Å². The van der Waals surface area contributed by atoms with Gasteiger partial charge in [-0.15, -0.1) is 0 Å². The molecule has 1 aromatic carbocycles. The Kier molecular flexibility index (Phi) is 4.29. The predicted octanol–water partition coefficient (Wildman–Crippen LogP) is 1.69. The number of imidazole rings is 1. The van der Waals surface area contributed by atoms with Gasteiger partial charge in [-0.1, -0.05) is 12.1 Å². The second kappa shape index (κ2) is 5.95. The third-order valence-corrected chi connectivity index (χ3v) is 3.27. The van der Waals surface area contributed by atoms with E-state index < -0.39 is 0 Å². The molecule has 0 saturated heterocycles. The molecule has 2 N–H and O–H groups in total. The molecule has 0 amide bonds. The Hall–Kier alpha value is -1.72. The highest BCUT2D eigenvalue weighted by Crippen LogP contribution is 2.19. The van der Waals surface area contributed by atoms with Crippen LogP contribution in [0.3, 0.4) is 0 Å². The van der Waals surface area contributed by atoms with Crippen LogP contribution in [0.2, 0.25) is 0 Å². The molecule has 0 bridgehead atoms. The van der Waals surface area contributed by atoms with E-state index in [4.69, 9.17) is 5.73 Å². The van der Waals surface area contributed by atoms with Crippen molar-refractivity contribution in [3.05, 3.63) is 53.9 Å². The van der Waals surface area contributed by atoms with Crippen molar-refractivity contribution in [1.29, 1.82) is 0 Å². The number of halogens is 1. The maximum Gasteiger partial charge on any atom is 0.123 e. The second-order valence-corrected chi connectivity index (χ2v) is 4.73. The Morgan fingerprint density at radius 3 is 2.84 bits per heavy atom. The zero-order chi connectivity index (χ0) is 13.8. The highest BCUT2D eigenvalue weighted by molar-refractivity contribution is 5.17. The first-order valence-electron chi connectivity index (χ1n) is 6.22. The molecule has 0 aliphatic heterocycles. The van der Waals surface area contributed by atoms with Gasteiger partial charge in [0.1, 0.15) is 5.82 Å². The van der Waals surface area contributed by atoms with Crippen molar-refractivity contribution in [2.24, 2.45) is 12.8 Å². The van der Waals surface area contributed by atoms with E-state index >= 15 is 0 Å². The van der Waals surface area contributed by atoms with Crippen LogP contribution in [0.1, 0.15) is 17.3 Å². The molecule has 102 valence electrons. The van der Waals surface area contributed by atoms with E-state index in [1.165, 1.54) is 6.07 Å². The van der Waals surface area contributed by atoms with Crippen LogP contribution in [-0.4, -0.2) is 28.0 Å². The van der Waals surface area contributed by atoms with Crippen molar-refractivity contribution < 1.29 is 4.39 Å². The van der Waals surface area contributed by atoms with Crippen molar-refractivity contribution in [3.8, 4) is 0 Å². The molecule has 0 aliphatic rings. The van der Waals surface area contributed by atoms with Gasteiger partial charge < -0.3 is 10.3 Å². The second-order valence-electron chi connectivity index (χ2n) is 4.73. The lowest BCUT2D eigenvalue weighted by molar-refractivity contribution is 0.233. The quantitative estimate of drug-likeness (QED) is 0.892. The topological polar surface area (TPSA) is 47.1 Å². The van der Waals surface area contributed by atoms with Gasteiger partial charge in [0.2, 0.25) is 0 Å². The SMILES string of the molecule is CN(Cc1cccc(F)c1)C(CN)c1cncn1C. The average molecular weight is 262 g/mol. The minimum atomic E-state index is -0.212. The number of benzene rings is 1. The Labute approximate surface area is 112 Å². The molecule has 2 rings (SSSR count). The molecule has 2 aromatic rings. The number of likely N-dealkylation sites (N-methyl/N-ethyl adjacent to an activating group) is 1. The summed E-state index contributed by atoms with van der Waals surface area (Å²) in [5.41, 5.74) is 7.85. The highest BCUT2D eigenvalue weighted by atomic mass is 19.1. The van der Waals surface area contributed by atoms with Crippen molar-refractivity contribution in [2.75, 3.05) is 13.6 Å². The van der Waals surface area contributed by atoms with Crippen molar-refractivity contribution >= 4 is 0 Å². The fourth-order valence-electron chi connectivity index (χ4n) is 2.25. The van der Waals surface area contributed by atoms with Crippen LogP contribution < -0.4 is 5.73 Å². The van der Waals surface area contributed by atoms with Gasteiger partial charge in [-0.25, -0.2) is 9.37 Å². The van der Waals surface area contributed by atoms with E-state index in [9.17, 15) is 4.39 Å². The lowest BCUT2D eigenvalue weighted by atomic mass is 10.1.